The number of morpholine rings is 1. The van der Waals surface area contributed by atoms with Crippen molar-refractivity contribution in [2.24, 2.45) is 11.7 Å². The molecule has 2 aliphatic heterocycles. The number of imide groups is 1. The van der Waals surface area contributed by atoms with Crippen molar-refractivity contribution in [3.63, 3.8) is 0 Å². The molecule has 2 saturated heterocycles. The highest BCUT2D eigenvalue weighted by Crippen LogP contribution is 2.28. The van der Waals surface area contributed by atoms with E-state index in [2.05, 4.69) is 0 Å². The number of halogens is 1. The monoisotopic (exact) mass is 636 g/mol. The van der Waals surface area contributed by atoms with Crippen molar-refractivity contribution in [2.75, 3.05) is 48.4 Å². The van der Waals surface area contributed by atoms with Crippen LogP contribution in [0.15, 0.2) is 36.4 Å². The molecule has 42 heavy (non-hydrogen) atoms. The van der Waals surface area contributed by atoms with Gasteiger partial charge in [0.15, 0.2) is 0 Å². The minimum Gasteiger partial charge on any atom is -0.442 e. The average Bonchev–Trinajstić information content (AvgIpc) is 3.58. The first-order valence-corrected chi connectivity index (χ1v) is 15.7. The lowest BCUT2D eigenvalue weighted by molar-refractivity contribution is -0.129. The van der Waals surface area contributed by atoms with Gasteiger partial charge in [-0.1, -0.05) is 37.2 Å². The van der Waals surface area contributed by atoms with E-state index >= 15 is 0 Å². The quantitative estimate of drug-likeness (QED) is 0.365. The molecule has 1 aromatic heterocycles. The molecular formula is C28H33ClN4O7S2. The zero-order valence-electron chi connectivity index (χ0n) is 23.3. The second-order valence-electron chi connectivity index (χ2n) is 10.2. The number of anilines is 2. The van der Waals surface area contributed by atoms with Crippen LogP contribution in [0.5, 0.6) is 0 Å². The van der Waals surface area contributed by atoms with Crippen LogP contribution in [0.3, 0.4) is 0 Å². The van der Waals surface area contributed by atoms with Gasteiger partial charge in [0, 0.05) is 30.1 Å². The molecule has 3 heterocycles. The zero-order chi connectivity index (χ0) is 30.4. The van der Waals surface area contributed by atoms with Gasteiger partial charge < -0.3 is 20.1 Å². The number of hydrogen-bond acceptors (Lipinski definition) is 10. The standard InChI is InChI=1S/C28H33ClN4O7S2/c1-17(2)25(30)27(37)41-13-3-4-23(34)33(26(36)21-9-10-22(29)42-21)15-20-14-32(28(38)40-20)19-7-5-18(6-8-19)31-11-12-39-16-24(31)35/h5-10,17,20,25H,3-4,11-16,30H2,1-2H3/t20-,25+/m1/s1. The number of benzene rings is 1. The molecule has 0 bridgehead atoms. The molecule has 226 valence electrons. The first kappa shape index (κ1) is 32.0. The number of nitrogens with zero attached hydrogens (tertiary/aromatic N) is 3. The molecule has 0 saturated carbocycles. The van der Waals surface area contributed by atoms with Gasteiger partial charge in [0.2, 0.25) is 11.0 Å². The van der Waals surface area contributed by atoms with Gasteiger partial charge in [-0.25, -0.2) is 4.79 Å². The summed E-state index contributed by atoms with van der Waals surface area (Å²) in [4.78, 5) is 68.1. The average molecular weight is 637 g/mol. The molecule has 4 rings (SSSR count). The van der Waals surface area contributed by atoms with Crippen LogP contribution in [0.2, 0.25) is 4.34 Å². The van der Waals surface area contributed by atoms with Crippen LogP contribution in [0.4, 0.5) is 16.2 Å². The summed E-state index contributed by atoms with van der Waals surface area (Å²) in [6.07, 6.45) is -0.982. The Morgan fingerprint density at radius 2 is 1.81 bits per heavy atom. The predicted octanol–water partition coefficient (Wildman–Crippen LogP) is 3.78. The van der Waals surface area contributed by atoms with E-state index in [0.717, 1.165) is 28.0 Å². The van der Waals surface area contributed by atoms with E-state index in [1.807, 2.05) is 13.8 Å². The second kappa shape index (κ2) is 14.5. The van der Waals surface area contributed by atoms with Crippen LogP contribution < -0.4 is 15.5 Å². The normalized spacial score (nSPS) is 17.9. The van der Waals surface area contributed by atoms with Crippen molar-refractivity contribution in [3.8, 4) is 0 Å². The maximum absolute atomic E-state index is 13.3. The molecule has 14 heteroatoms. The first-order chi connectivity index (χ1) is 20.0. The molecule has 0 spiro atoms. The van der Waals surface area contributed by atoms with Crippen LogP contribution in [0.25, 0.3) is 0 Å². The topological polar surface area (TPSA) is 140 Å². The number of thiophene rings is 1. The number of cyclic esters (lactones) is 1. The van der Waals surface area contributed by atoms with Crippen molar-refractivity contribution in [1.82, 2.24) is 4.90 Å². The van der Waals surface area contributed by atoms with Crippen molar-refractivity contribution in [3.05, 3.63) is 45.6 Å². The van der Waals surface area contributed by atoms with Crippen LogP contribution in [-0.2, 0) is 23.9 Å². The van der Waals surface area contributed by atoms with Crippen molar-refractivity contribution < 1.29 is 33.4 Å². The number of carbonyl (C=O) groups is 5. The fourth-order valence-corrected chi connectivity index (χ4v) is 6.34. The molecule has 2 aliphatic rings. The van der Waals surface area contributed by atoms with Gasteiger partial charge in [-0.2, -0.15) is 0 Å². The van der Waals surface area contributed by atoms with E-state index in [0.29, 0.717) is 41.0 Å². The van der Waals surface area contributed by atoms with E-state index < -0.39 is 30.1 Å². The third-order valence-electron chi connectivity index (χ3n) is 6.82. The molecule has 1 aromatic carbocycles. The third-order valence-corrected chi connectivity index (χ3v) is 9.09. The third kappa shape index (κ3) is 7.90. The van der Waals surface area contributed by atoms with Gasteiger partial charge in [-0.3, -0.25) is 29.0 Å². The summed E-state index contributed by atoms with van der Waals surface area (Å²) in [5, 5.41) is -0.138. The van der Waals surface area contributed by atoms with Crippen LogP contribution in [-0.4, -0.2) is 84.6 Å². The molecule has 0 radical (unpaired) electrons. The molecule has 2 aromatic rings. The molecular weight excluding hydrogens is 604 g/mol. The van der Waals surface area contributed by atoms with Crippen molar-refractivity contribution in [2.45, 2.75) is 38.8 Å². The van der Waals surface area contributed by atoms with Gasteiger partial charge in [0.05, 0.1) is 35.0 Å². The highest BCUT2D eigenvalue weighted by atomic mass is 35.5. The lowest BCUT2D eigenvalue weighted by Gasteiger charge is -2.27. The summed E-state index contributed by atoms with van der Waals surface area (Å²) in [6, 6.07) is 9.47. The minimum atomic E-state index is -0.763. The number of thioether (sulfide) groups is 1. The Labute approximate surface area is 257 Å². The van der Waals surface area contributed by atoms with Crippen molar-refractivity contribution >= 4 is 75.0 Å². The van der Waals surface area contributed by atoms with E-state index in [1.54, 1.807) is 41.3 Å². The molecule has 2 fully saturated rings. The van der Waals surface area contributed by atoms with Crippen LogP contribution in [0.1, 0.15) is 36.4 Å². The fraction of sp³-hybridized carbons (Fsp3) is 0.464. The Hall–Kier alpha value is -2.97. The highest BCUT2D eigenvalue weighted by molar-refractivity contribution is 8.13. The van der Waals surface area contributed by atoms with Crippen LogP contribution >= 0.6 is 34.7 Å². The fourth-order valence-electron chi connectivity index (χ4n) is 4.39. The Morgan fingerprint density at radius 1 is 1.12 bits per heavy atom. The minimum absolute atomic E-state index is 0.0120. The summed E-state index contributed by atoms with van der Waals surface area (Å²) in [6.45, 7) is 4.63. The van der Waals surface area contributed by atoms with Crippen molar-refractivity contribution in [1.29, 1.82) is 0 Å². The Balaban J connectivity index is 1.39. The summed E-state index contributed by atoms with van der Waals surface area (Å²) in [7, 11) is 0. The largest absolute Gasteiger partial charge is 0.442 e. The predicted molar refractivity (Wildman–Crippen MR) is 162 cm³/mol. The molecule has 0 aliphatic carbocycles. The molecule has 2 atom stereocenters. The molecule has 2 N–H and O–H groups in total. The highest BCUT2D eigenvalue weighted by Gasteiger charge is 2.37. The van der Waals surface area contributed by atoms with Gasteiger partial charge in [-0.05, 0) is 48.7 Å². The molecule has 4 amide bonds. The van der Waals surface area contributed by atoms with Gasteiger partial charge in [0.25, 0.3) is 11.8 Å². The number of hydrogen-bond donors (Lipinski definition) is 1. The van der Waals surface area contributed by atoms with Gasteiger partial charge in [-0.15, -0.1) is 11.3 Å². The summed E-state index contributed by atoms with van der Waals surface area (Å²) in [5.41, 5.74) is 7.15. The number of carbonyl (C=O) groups excluding carboxylic acids is 5. The number of rotatable bonds is 11. The van der Waals surface area contributed by atoms with E-state index in [1.165, 1.54) is 4.90 Å². The van der Waals surface area contributed by atoms with E-state index in [9.17, 15) is 24.0 Å². The van der Waals surface area contributed by atoms with Gasteiger partial charge >= 0.3 is 6.09 Å². The Kier molecular flexibility index (Phi) is 11.0. The molecule has 11 nitrogen and oxygen atoms in total. The van der Waals surface area contributed by atoms with Crippen LogP contribution in [0, 0.1) is 5.92 Å². The lowest BCUT2D eigenvalue weighted by Crippen LogP contribution is -2.43. The zero-order valence-corrected chi connectivity index (χ0v) is 25.7. The lowest BCUT2D eigenvalue weighted by atomic mass is 10.1. The first-order valence-electron chi connectivity index (χ1n) is 13.5. The number of amides is 4. The Bertz CT molecular complexity index is 1320. The second-order valence-corrected chi connectivity index (χ2v) is 13.0. The SMILES string of the molecule is CC(C)[C@H](N)C(=O)SCCCC(=O)N(C[C@H]1CN(c2ccc(N3CCOCC3=O)cc2)C(=O)O1)C(=O)c1ccc(Cl)s1. The molecule has 0 unspecified atom stereocenters. The van der Waals surface area contributed by atoms with E-state index in [4.69, 9.17) is 26.8 Å². The smallest absolute Gasteiger partial charge is 0.414 e. The summed E-state index contributed by atoms with van der Waals surface area (Å²) < 4.78 is 11.1. The summed E-state index contributed by atoms with van der Waals surface area (Å²) >= 11 is 8.16. The summed E-state index contributed by atoms with van der Waals surface area (Å²) in [5.74, 6) is -0.717. The Morgan fingerprint density at radius 3 is 2.43 bits per heavy atom. The number of ether oxygens (including phenoxy) is 2. The maximum atomic E-state index is 13.3. The van der Waals surface area contributed by atoms with E-state index in [-0.39, 0.29) is 47.9 Å². The maximum Gasteiger partial charge on any atom is 0.414 e. The number of nitrogens with two attached hydrogens (primary N) is 1. The van der Waals surface area contributed by atoms with Gasteiger partial charge in [0.1, 0.15) is 12.7 Å².